The lowest BCUT2D eigenvalue weighted by Gasteiger charge is -2.24. The zero-order chi connectivity index (χ0) is 14.3. The first-order chi connectivity index (χ1) is 10.3. The first-order valence-corrected chi connectivity index (χ1v) is 8.40. The second-order valence-corrected chi connectivity index (χ2v) is 6.87. The van der Waals surface area contributed by atoms with Gasteiger partial charge in [-0.25, -0.2) is 0 Å². The van der Waals surface area contributed by atoms with E-state index in [4.69, 9.17) is 0 Å². The molecule has 1 unspecified atom stereocenters. The van der Waals surface area contributed by atoms with Crippen molar-refractivity contribution in [2.75, 3.05) is 0 Å². The Hall–Kier alpha value is -1.60. The van der Waals surface area contributed by atoms with E-state index < -0.39 is 0 Å². The minimum atomic E-state index is 0.269. The maximum absolute atomic E-state index is 4.03. The van der Waals surface area contributed by atoms with E-state index in [0.29, 0.717) is 4.83 Å². The fourth-order valence-electron chi connectivity index (χ4n) is 3.36. The molecule has 3 aromatic rings. The van der Waals surface area contributed by atoms with E-state index in [0.717, 1.165) is 0 Å². The molecule has 0 heterocycles. The molecule has 104 valence electrons. The van der Waals surface area contributed by atoms with E-state index in [1.165, 1.54) is 34.7 Å². The molecule has 1 aliphatic carbocycles. The molecule has 0 N–H and O–H groups in total. The molecule has 1 fully saturated rings. The molecule has 0 spiro atoms. The Morgan fingerprint density at radius 3 is 2.19 bits per heavy atom. The fraction of sp³-hybridized carbons (Fsp3) is 0.200. The van der Waals surface area contributed by atoms with Crippen molar-refractivity contribution in [2.45, 2.75) is 23.1 Å². The molecule has 0 nitrogen and oxygen atoms in total. The minimum absolute atomic E-state index is 0.269. The van der Waals surface area contributed by atoms with E-state index in [9.17, 15) is 0 Å². The van der Waals surface area contributed by atoms with Gasteiger partial charge in [-0.3, -0.25) is 0 Å². The molecule has 0 aromatic heterocycles. The molecule has 1 saturated carbocycles. The SMILES string of the molecule is BrC(c1cccc2ccccc12)C1(c2ccccc2)CC1. The summed E-state index contributed by atoms with van der Waals surface area (Å²) >= 11 is 4.03. The average molecular weight is 337 g/mol. The Morgan fingerprint density at radius 2 is 1.43 bits per heavy atom. The van der Waals surface area contributed by atoms with Gasteiger partial charge in [0.25, 0.3) is 0 Å². The van der Waals surface area contributed by atoms with Gasteiger partial charge >= 0.3 is 0 Å². The van der Waals surface area contributed by atoms with E-state index in [2.05, 4.69) is 88.7 Å². The summed E-state index contributed by atoms with van der Waals surface area (Å²) in [6, 6.07) is 26.3. The van der Waals surface area contributed by atoms with Crippen LogP contribution < -0.4 is 0 Å². The van der Waals surface area contributed by atoms with Crippen molar-refractivity contribution in [3.05, 3.63) is 83.9 Å². The Labute approximate surface area is 133 Å². The van der Waals surface area contributed by atoms with E-state index in [-0.39, 0.29) is 5.41 Å². The molecule has 0 radical (unpaired) electrons. The predicted octanol–water partition coefficient (Wildman–Crippen LogP) is 6.01. The lowest BCUT2D eigenvalue weighted by atomic mass is 9.87. The zero-order valence-electron chi connectivity index (χ0n) is 11.8. The molecule has 3 aromatic carbocycles. The highest BCUT2D eigenvalue weighted by atomic mass is 79.9. The summed E-state index contributed by atoms with van der Waals surface area (Å²) in [7, 11) is 0. The zero-order valence-corrected chi connectivity index (χ0v) is 13.4. The molecule has 21 heavy (non-hydrogen) atoms. The molecule has 0 amide bonds. The van der Waals surface area contributed by atoms with Crippen molar-refractivity contribution in [3.63, 3.8) is 0 Å². The molecule has 0 bridgehead atoms. The van der Waals surface area contributed by atoms with Crippen molar-refractivity contribution in [1.29, 1.82) is 0 Å². The van der Waals surface area contributed by atoms with Crippen LogP contribution in [0.4, 0.5) is 0 Å². The summed E-state index contributed by atoms with van der Waals surface area (Å²) in [5.41, 5.74) is 3.14. The Bertz CT molecular complexity index is 767. The van der Waals surface area contributed by atoms with E-state index in [1.807, 2.05) is 0 Å². The third kappa shape index (κ3) is 2.11. The van der Waals surface area contributed by atoms with Crippen LogP contribution in [0.5, 0.6) is 0 Å². The fourth-order valence-corrected chi connectivity index (χ4v) is 4.48. The minimum Gasteiger partial charge on any atom is -0.0829 e. The van der Waals surface area contributed by atoms with E-state index >= 15 is 0 Å². The second-order valence-electron chi connectivity index (χ2n) is 5.95. The van der Waals surface area contributed by atoms with E-state index in [1.54, 1.807) is 0 Å². The van der Waals surface area contributed by atoms with Gasteiger partial charge in [0.05, 0.1) is 0 Å². The summed E-state index contributed by atoms with van der Waals surface area (Å²) in [4.78, 5) is 0.374. The van der Waals surface area contributed by atoms with Crippen molar-refractivity contribution < 1.29 is 0 Å². The Morgan fingerprint density at radius 1 is 0.762 bits per heavy atom. The number of rotatable bonds is 3. The van der Waals surface area contributed by atoms with Gasteiger partial charge in [0.2, 0.25) is 0 Å². The highest BCUT2D eigenvalue weighted by Gasteiger charge is 2.50. The topological polar surface area (TPSA) is 0 Å². The number of fused-ring (bicyclic) bond motifs is 1. The number of alkyl halides is 1. The van der Waals surface area contributed by atoms with Crippen LogP contribution in [0, 0.1) is 0 Å². The monoisotopic (exact) mass is 336 g/mol. The largest absolute Gasteiger partial charge is 0.0829 e. The number of benzene rings is 3. The van der Waals surface area contributed by atoms with Crippen LogP contribution in [0.2, 0.25) is 0 Å². The normalized spacial score (nSPS) is 17.6. The third-order valence-electron chi connectivity index (χ3n) is 4.72. The van der Waals surface area contributed by atoms with Gasteiger partial charge in [-0.1, -0.05) is 88.7 Å². The highest BCUT2D eigenvalue weighted by Crippen LogP contribution is 2.60. The first-order valence-electron chi connectivity index (χ1n) is 7.48. The second kappa shape index (κ2) is 4.99. The smallest absolute Gasteiger partial charge is 0.0498 e. The van der Waals surface area contributed by atoms with Gasteiger partial charge in [-0.05, 0) is 34.7 Å². The maximum Gasteiger partial charge on any atom is 0.0498 e. The number of hydrogen-bond acceptors (Lipinski definition) is 0. The van der Waals surface area contributed by atoms with Gasteiger partial charge < -0.3 is 0 Å². The van der Waals surface area contributed by atoms with Crippen LogP contribution in [0.1, 0.15) is 28.8 Å². The molecule has 1 heteroatoms. The summed E-state index contributed by atoms with van der Waals surface area (Å²) in [5, 5.41) is 2.69. The van der Waals surface area contributed by atoms with Gasteiger partial charge in [0, 0.05) is 10.2 Å². The summed E-state index contributed by atoms with van der Waals surface area (Å²) < 4.78 is 0. The molecule has 4 rings (SSSR count). The summed E-state index contributed by atoms with van der Waals surface area (Å²) in [6.07, 6.45) is 2.52. The van der Waals surface area contributed by atoms with Crippen LogP contribution in [-0.4, -0.2) is 0 Å². The molecular formula is C20H17Br. The number of halogens is 1. The van der Waals surface area contributed by atoms with Crippen molar-refractivity contribution in [1.82, 2.24) is 0 Å². The lowest BCUT2D eigenvalue weighted by Crippen LogP contribution is -2.13. The van der Waals surface area contributed by atoms with Gasteiger partial charge in [0.15, 0.2) is 0 Å². The molecular weight excluding hydrogens is 320 g/mol. The maximum atomic E-state index is 4.03. The van der Waals surface area contributed by atoms with Crippen LogP contribution in [0.15, 0.2) is 72.8 Å². The molecule has 0 saturated heterocycles. The molecule has 1 atom stereocenters. The average Bonchev–Trinajstić information content (AvgIpc) is 3.36. The molecule has 1 aliphatic rings. The van der Waals surface area contributed by atoms with Gasteiger partial charge in [-0.2, -0.15) is 0 Å². The van der Waals surface area contributed by atoms with Crippen molar-refractivity contribution >= 4 is 26.7 Å². The van der Waals surface area contributed by atoms with Crippen LogP contribution >= 0.6 is 15.9 Å². The van der Waals surface area contributed by atoms with Crippen LogP contribution in [0.25, 0.3) is 10.8 Å². The van der Waals surface area contributed by atoms with Gasteiger partial charge in [0.1, 0.15) is 0 Å². The standard InChI is InChI=1S/C20H17Br/c21-19(20(13-14-20)16-9-2-1-3-10-16)18-12-6-8-15-7-4-5-11-17(15)18/h1-12,19H,13-14H2. The lowest BCUT2D eigenvalue weighted by molar-refractivity contribution is 0.684. The van der Waals surface area contributed by atoms with Crippen molar-refractivity contribution in [3.8, 4) is 0 Å². The predicted molar refractivity (Wildman–Crippen MR) is 93.0 cm³/mol. The number of hydrogen-bond donors (Lipinski definition) is 0. The van der Waals surface area contributed by atoms with Gasteiger partial charge in [-0.15, -0.1) is 0 Å². The van der Waals surface area contributed by atoms with Crippen molar-refractivity contribution in [2.24, 2.45) is 0 Å². The Balaban J connectivity index is 1.83. The van der Waals surface area contributed by atoms with Crippen LogP contribution in [0.3, 0.4) is 0 Å². The summed E-state index contributed by atoms with van der Waals surface area (Å²) in [5.74, 6) is 0. The molecule has 0 aliphatic heterocycles. The highest BCUT2D eigenvalue weighted by molar-refractivity contribution is 9.09. The first kappa shape index (κ1) is 13.1. The van der Waals surface area contributed by atoms with Crippen LogP contribution in [-0.2, 0) is 5.41 Å². The quantitative estimate of drug-likeness (QED) is 0.514. The third-order valence-corrected chi connectivity index (χ3v) is 6.09. The Kier molecular flexibility index (Phi) is 3.11. The summed E-state index contributed by atoms with van der Waals surface area (Å²) in [6.45, 7) is 0.